The van der Waals surface area contributed by atoms with Crippen molar-refractivity contribution in [2.24, 2.45) is 5.92 Å². The fourth-order valence-electron chi connectivity index (χ4n) is 1.68. The lowest BCUT2D eigenvalue weighted by molar-refractivity contribution is -0.143. The Labute approximate surface area is 82.5 Å². The topological polar surface area (TPSA) is 15.3 Å². The maximum Gasteiger partial charge on any atom is 0.401 e. The van der Waals surface area contributed by atoms with Crippen molar-refractivity contribution in [3.8, 4) is 0 Å². The number of nitrogens with one attached hydrogen (secondary N) is 1. The molecule has 0 amide bonds. The number of likely N-dealkylation sites (N-methyl/N-ethyl adjacent to an activating group) is 2. The number of rotatable bonds is 5. The lowest BCUT2D eigenvalue weighted by atomic mass is 10.2. The molecule has 84 valence electrons. The predicted octanol–water partition coefficient (Wildman–Crippen LogP) is 1.48. The number of halogens is 3. The number of hydrogen-bond acceptors (Lipinski definition) is 2. The zero-order valence-electron chi connectivity index (χ0n) is 8.56. The van der Waals surface area contributed by atoms with Crippen molar-refractivity contribution >= 4 is 0 Å². The fraction of sp³-hybridized carbons (Fsp3) is 1.00. The molecule has 1 aliphatic carbocycles. The zero-order valence-corrected chi connectivity index (χ0v) is 8.56. The van der Waals surface area contributed by atoms with E-state index in [2.05, 4.69) is 5.32 Å². The minimum Gasteiger partial charge on any atom is -0.315 e. The van der Waals surface area contributed by atoms with Crippen molar-refractivity contribution < 1.29 is 13.2 Å². The van der Waals surface area contributed by atoms with E-state index in [1.165, 1.54) is 11.9 Å². The predicted molar refractivity (Wildman–Crippen MR) is 49.1 cm³/mol. The quantitative estimate of drug-likeness (QED) is 0.739. The second-order valence-electron chi connectivity index (χ2n) is 4.04. The molecule has 1 fully saturated rings. The Morgan fingerprint density at radius 2 is 2.00 bits per heavy atom. The second-order valence-corrected chi connectivity index (χ2v) is 4.04. The van der Waals surface area contributed by atoms with Crippen molar-refractivity contribution in [3.05, 3.63) is 0 Å². The maximum absolute atomic E-state index is 12.0. The van der Waals surface area contributed by atoms with Crippen molar-refractivity contribution in [1.29, 1.82) is 0 Å². The number of hydrogen-bond donors (Lipinski definition) is 1. The van der Waals surface area contributed by atoms with Gasteiger partial charge in [-0.3, -0.25) is 4.90 Å². The van der Waals surface area contributed by atoms with Gasteiger partial charge in [-0.15, -0.1) is 0 Å². The monoisotopic (exact) mass is 210 g/mol. The van der Waals surface area contributed by atoms with E-state index < -0.39 is 12.7 Å². The molecule has 0 aromatic rings. The summed E-state index contributed by atoms with van der Waals surface area (Å²) in [4.78, 5) is 1.33. The van der Waals surface area contributed by atoms with Gasteiger partial charge in [0.25, 0.3) is 0 Å². The normalized spacial score (nSPS) is 20.1. The van der Waals surface area contributed by atoms with Gasteiger partial charge >= 0.3 is 6.18 Å². The van der Waals surface area contributed by atoms with Gasteiger partial charge in [-0.25, -0.2) is 0 Å². The summed E-state index contributed by atoms with van der Waals surface area (Å²) in [5.74, 6) is 0.579. The molecule has 14 heavy (non-hydrogen) atoms. The van der Waals surface area contributed by atoms with E-state index in [1.807, 2.05) is 7.05 Å². The molecular weight excluding hydrogens is 193 g/mol. The van der Waals surface area contributed by atoms with Crippen LogP contribution in [0.2, 0.25) is 0 Å². The largest absolute Gasteiger partial charge is 0.401 e. The maximum atomic E-state index is 12.0. The van der Waals surface area contributed by atoms with E-state index in [9.17, 15) is 13.2 Å². The number of alkyl halides is 3. The van der Waals surface area contributed by atoms with Gasteiger partial charge in [0.2, 0.25) is 0 Å². The molecule has 0 spiro atoms. The standard InChI is InChI=1S/C9H17F3N2/c1-13-8(7-3-4-7)5-14(2)6-9(10,11)12/h7-8,13H,3-6H2,1-2H3. The molecule has 0 saturated heterocycles. The summed E-state index contributed by atoms with van der Waals surface area (Å²) in [5.41, 5.74) is 0. The van der Waals surface area contributed by atoms with Gasteiger partial charge < -0.3 is 5.32 Å². The van der Waals surface area contributed by atoms with Crippen LogP contribution in [0.1, 0.15) is 12.8 Å². The van der Waals surface area contributed by atoms with Gasteiger partial charge in [0.05, 0.1) is 6.54 Å². The van der Waals surface area contributed by atoms with Crippen molar-refractivity contribution in [3.63, 3.8) is 0 Å². The molecule has 0 aromatic carbocycles. The SMILES string of the molecule is CNC(CN(C)CC(F)(F)F)C1CC1. The minimum atomic E-state index is -4.09. The van der Waals surface area contributed by atoms with Crippen LogP contribution in [0.4, 0.5) is 13.2 Å². The van der Waals surface area contributed by atoms with Crippen LogP contribution >= 0.6 is 0 Å². The van der Waals surface area contributed by atoms with Crippen molar-refractivity contribution in [2.75, 3.05) is 27.2 Å². The first-order chi connectivity index (χ1) is 6.42. The summed E-state index contributed by atoms with van der Waals surface area (Å²) in [6, 6.07) is 0.211. The Morgan fingerprint density at radius 3 is 2.36 bits per heavy atom. The summed E-state index contributed by atoms with van der Waals surface area (Å²) in [5, 5.41) is 3.07. The third-order valence-electron chi connectivity index (χ3n) is 2.52. The van der Waals surface area contributed by atoms with E-state index in [0.29, 0.717) is 12.5 Å². The highest BCUT2D eigenvalue weighted by Crippen LogP contribution is 2.32. The number of nitrogens with zero attached hydrogens (tertiary/aromatic N) is 1. The summed E-state index contributed by atoms with van der Waals surface area (Å²) < 4.78 is 36.0. The molecule has 0 bridgehead atoms. The summed E-state index contributed by atoms with van der Waals surface area (Å²) in [6.07, 6.45) is -1.80. The average molecular weight is 210 g/mol. The van der Waals surface area contributed by atoms with E-state index >= 15 is 0 Å². The fourth-order valence-corrected chi connectivity index (χ4v) is 1.68. The van der Waals surface area contributed by atoms with Gasteiger partial charge in [-0.2, -0.15) is 13.2 Å². The summed E-state index contributed by atoms with van der Waals surface area (Å²) >= 11 is 0. The molecule has 1 atom stereocenters. The van der Waals surface area contributed by atoms with Crippen LogP contribution < -0.4 is 5.32 Å². The molecule has 1 saturated carbocycles. The third kappa shape index (κ3) is 4.28. The van der Waals surface area contributed by atoms with Crippen LogP contribution in [0.3, 0.4) is 0 Å². The highest BCUT2D eigenvalue weighted by atomic mass is 19.4. The van der Waals surface area contributed by atoms with Crippen LogP contribution in [0.15, 0.2) is 0 Å². The van der Waals surface area contributed by atoms with Gasteiger partial charge in [0.1, 0.15) is 0 Å². The lowest BCUT2D eigenvalue weighted by Crippen LogP contribution is -2.42. The molecule has 2 nitrogen and oxygen atoms in total. The molecule has 0 heterocycles. The average Bonchev–Trinajstić information content (AvgIpc) is 2.78. The Hall–Kier alpha value is -0.290. The van der Waals surface area contributed by atoms with Crippen LogP contribution in [0.5, 0.6) is 0 Å². The Kier molecular flexibility index (Phi) is 3.78. The molecule has 5 heteroatoms. The van der Waals surface area contributed by atoms with Crippen LogP contribution in [0, 0.1) is 5.92 Å². The lowest BCUT2D eigenvalue weighted by Gasteiger charge is -2.24. The molecule has 0 aromatic heterocycles. The van der Waals surface area contributed by atoms with E-state index in [4.69, 9.17) is 0 Å². The molecule has 0 radical (unpaired) electrons. The van der Waals surface area contributed by atoms with E-state index in [-0.39, 0.29) is 6.04 Å². The first-order valence-electron chi connectivity index (χ1n) is 4.85. The minimum absolute atomic E-state index is 0.211. The van der Waals surface area contributed by atoms with E-state index in [0.717, 1.165) is 12.8 Å². The van der Waals surface area contributed by atoms with Gasteiger partial charge in [0, 0.05) is 12.6 Å². The molecule has 0 aliphatic heterocycles. The van der Waals surface area contributed by atoms with Crippen molar-refractivity contribution in [1.82, 2.24) is 10.2 Å². The van der Waals surface area contributed by atoms with Gasteiger partial charge in [-0.05, 0) is 32.9 Å². The first-order valence-corrected chi connectivity index (χ1v) is 4.85. The van der Waals surface area contributed by atoms with Crippen LogP contribution in [0.25, 0.3) is 0 Å². The first kappa shape index (κ1) is 11.8. The van der Waals surface area contributed by atoms with Crippen LogP contribution in [-0.2, 0) is 0 Å². The molecule has 1 N–H and O–H groups in total. The molecular formula is C9H17F3N2. The van der Waals surface area contributed by atoms with Crippen LogP contribution in [-0.4, -0.2) is 44.3 Å². The smallest absolute Gasteiger partial charge is 0.315 e. The Bertz CT molecular complexity index is 177. The molecule has 1 aliphatic rings. The van der Waals surface area contributed by atoms with Gasteiger partial charge in [0.15, 0.2) is 0 Å². The third-order valence-corrected chi connectivity index (χ3v) is 2.52. The van der Waals surface area contributed by atoms with Crippen molar-refractivity contribution in [2.45, 2.75) is 25.1 Å². The highest BCUT2D eigenvalue weighted by Gasteiger charge is 2.34. The summed E-state index contributed by atoms with van der Waals surface area (Å²) in [6.45, 7) is -0.349. The molecule has 1 unspecified atom stereocenters. The zero-order chi connectivity index (χ0) is 10.8. The second kappa shape index (κ2) is 4.49. The van der Waals surface area contributed by atoms with Gasteiger partial charge in [-0.1, -0.05) is 0 Å². The Morgan fingerprint density at radius 1 is 1.43 bits per heavy atom. The summed E-state index contributed by atoms with van der Waals surface area (Å²) in [7, 11) is 3.32. The Balaban J connectivity index is 2.27. The molecule has 1 rings (SSSR count). The van der Waals surface area contributed by atoms with E-state index in [1.54, 1.807) is 0 Å². The highest BCUT2D eigenvalue weighted by molar-refractivity contribution is 4.87.